The van der Waals surface area contributed by atoms with Gasteiger partial charge in [-0.2, -0.15) is 0 Å². The predicted molar refractivity (Wildman–Crippen MR) is 117 cm³/mol. The van der Waals surface area contributed by atoms with Gasteiger partial charge in [0.2, 0.25) is 5.91 Å². The molecule has 0 bridgehead atoms. The molecule has 158 valence electrons. The van der Waals surface area contributed by atoms with Crippen molar-refractivity contribution >= 4 is 44.4 Å². The number of anilines is 2. The first kappa shape index (κ1) is 18.7. The topological polar surface area (TPSA) is 105 Å². The summed E-state index contributed by atoms with van der Waals surface area (Å²) in [5.74, 6) is 0.390. The van der Waals surface area contributed by atoms with Crippen LogP contribution in [0.1, 0.15) is 18.5 Å². The minimum Gasteiger partial charge on any atom is -0.465 e. The number of benzene rings is 1. The summed E-state index contributed by atoms with van der Waals surface area (Å²) in [6.07, 6.45) is 3.37. The molecule has 2 aromatic heterocycles. The van der Waals surface area contributed by atoms with E-state index in [0.29, 0.717) is 30.5 Å². The second kappa shape index (κ2) is 7.00. The molecule has 0 radical (unpaired) electrons. The number of carboxylic acid groups (broad SMARTS) is 1. The number of fused-ring (bicyclic) bond motifs is 2. The number of pyridine rings is 1. The van der Waals surface area contributed by atoms with Crippen molar-refractivity contribution in [3.05, 3.63) is 36.2 Å². The second-order valence-electron chi connectivity index (χ2n) is 8.38. The van der Waals surface area contributed by atoms with Gasteiger partial charge in [0.1, 0.15) is 0 Å². The SMILES string of the molecule is O=C(Nc1nc2ccc(-c3cnc4c(c3)N(C(=O)O)C(C3COC3)C4)cc2s1)C1CC1. The van der Waals surface area contributed by atoms with Crippen LogP contribution in [0.15, 0.2) is 30.5 Å². The van der Waals surface area contributed by atoms with E-state index in [1.54, 1.807) is 6.20 Å². The molecule has 2 amide bonds. The lowest BCUT2D eigenvalue weighted by atomic mass is 9.96. The summed E-state index contributed by atoms with van der Waals surface area (Å²) in [6.45, 7) is 1.19. The zero-order valence-corrected chi connectivity index (χ0v) is 17.4. The van der Waals surface area contributed by atoms with Gasteiger partial charge in [0.05, 0.1) is 40.9 Å². The Morgan fingerprint density at radius 2 is 2.03 bits per heavy atom. The van der Waals surface area contributed by atoms with Gasteiger partial charge >= 0.3 is 6.09 Å². The Morgan fingerprint density at radius 1 is 1.19 bits per heavy atom. The number of ether oxygens (including phenoxy) is 1. The zero-order valence-electron chi connectivity index (χ0n) is 16.6. The lowest BCUT2D eigenvalue weighted by Crippen LogP contribution is -2.49. The van der Waals surface area contributed by atoms with Crippen LogP contribution in [0.3, 0.4) is 0 Å². The number of thiazole rings is 1. The third-order valence-electron chi connectivity index (χ3n) is 6.26. The lowest BCUT2D eigenvalue weighted by Gasteiger charge is -2.35. The number of carbonyl (C=O) groups excluding carboxylic acids is 1. The Kier molecular flexibility index (Phi) is 4.22. The fourth-order valence-electron chi connectivity index (χ4n) is 4.28. The smallest absolute Gasteiger partial charge is 0.412 e. The summed E-state index contributed by atoms with van der Waals surface area (Å²) in [5.41, 5.74) is 4.09. The number of carbonyl (C=O) groups is 2. The normalized spacial score (nSPS) is 20.5. The molecule has 2 fully saturated rings. The third-order valence-corrected chi connectivity index (χ3v) is 7.19. The van der Waals surface area contributed by atoms with Crippen molar-refractivity contribution < 1.29 is 19.4 Å². The molecule has 31 heavy (non-hydrogen) atoms. The van der Waals surface area contributed by atoms with E-state index in [1.807, 2.05) is 24.3 Å². The van der Waals surface area contributed by atoms with Gasteiger partial charge in [-0.25, -0.2) is 9.78 Å². The van der Waals surface area contributed by atoms with Gasteiger partial charge in [0, 0.05) is 30.0 Å². The quantitative estimate of drug-likeness (QED) is 0.645. The molecule has 2 N–H and O–H groups in total. The van der Waals surface area contributed by atoms with Crippen molar-refractivity contribution in [2.75, 3.05) is 23.4 Å². The summed E-state index contributed by atoms with van der Waals surface area (Å²) >= 11 is 1.44. The highest BCUT2D eigenvalue weighted by Crippen LogP contribution is 2.39. The molecule has 9 heteroatoms. The predicted octanol–water partition coefficient (Wildman–Crippen LogP) is 3.76. The van der Waals surface area contributed by atoms with E-state index in [0.717, 1.165) is 39.9 Å². The van der Waals surface area contributed by atoms with Crippen molar-refractivity contribution in [1.29, 1.82) is 0 Å². The third kappa shape index (κ3) is 3.24. The van der Waals surface area contributed by atoms with Crippen LogP contribution in [0.5, 0.6) is 0 Å². The van der Waals surface area contributed by atoms with Gasteiger partial charge in [-0.05, 0) is 36.6 Å². The largest absolute Gasteiger partial charge is 0.465 e. The molecule has 3 aromatic rings. The maximum absolute atomic E-state index is 12.0. The number of hydrogen-bond donors (Lipinski definition) is 2. The van der Waals surface area contributed by atoms with Gasteiger partial charge in [-0.1, -0.05) is 17.4 Å². The molecule has 6 rings (SSSR count). The van der Waals surface area contributed by atoms with E-state index in [9.17, 15) is 14.7 Å². The zero-order chi connectivity index (χ0) is 21.1. The monoisotopic (exact) mass is 436 g/mol. The molecule has 1 unspecified atom stereocenters. The van der Waals surface area contributed by atoms with Crippen LogP contribution in [-0.2, 0) is 16.0 Å². The number of aromatic nitrogens is 2. The van der Waals surface area contributed by atoms with Crippen LogP contribution in [0, 0.1) is 11.8 Å². The molecular weight excluding hydrogens is 416 g/mol. The maximum Gasteiger partial charge on any atom is 0.412 e. The Labute approximate surface area is 181 Å². The molecule has 2 aliphatic heterocycles. The average Bonchev–Trinajstić information content (AvgIpc) is 3.38. The van der Waals surface area contributed by atoms with Crippen molar-refractivity contribution in [3.63, 3.8) is 0 Å². The van der Waals surface area contributed by atoms with Crippen molar-refractivity contribution in [2.24, 2.45) is 11.8 Å². The molecule has 4 heterocycles. The van der Waals surface area contributed by atoms with Crippen LogP contribution < -0.4 is 10.2 Å². The molecule has 1 saturated heterocycles. The standard InChI is InChI=1S/C22H20N4O4S/c27-20(11-1-2-11)25-21-24-15-4-3-12(6-19(15)31-21)13-5-18-16(23-8-13)7-17(14-9-30-10-14)26(18)22(28)29/h3-6,8,11,14,17H,1-2,7,9-10H2,(H,28,29)(H,24,25,27). The average molecular weight is 436 g/mol. The Bertz CT molecular complexity index is 1220. The highest BCUT2D eigenvalue weighted by molar-refractivity contribution is 7.22. The van der Waals surface area contributed by atoms with E-state index >= 15 is 0 Å². The van der Waals surface area contributed by atoms with E-state index in [2.05, 4.69) is 15.3 Å². The Balaban J connectivity index is 1.31. The lowest BCUT2D eigenvalue weighted by molar-refractivity contribution is -0.117. The van der Waals surface area contributed by atoms with Crippen molar-refractivity contribution in [2.45, 2.75) is 25.3 Å². The van der Waals surface area contributed by atoms with Crippen molar-refractivity contribution in [3.8, 4) is 11.1 Å². The molecule has 8 nitrogen and oxygen atoms in total. The first-order valence-electron chi connectivity index (χ1n) is 10.4. The summed E-state index contributed by atoms with van der Waals surface area (Å²) in [5, 5.41) is 13.4. The van der Waals surface area contributed by atoms with Gasteiger partial charge in [0.15, 0.2) is 5.13 Å². The van der Waals surface area contributed by atoms with Crippen LogP contribution in [0.4, 0.5) is 15.6 Å². The highest BCUT2D eigenvalue weighted by Gasteiger charge is 2.42. The fourth-order valence-corrected chi connectivity index (χ4v) is 5.19. The summed E-state index contributed by atoms with van der Waals surface area (Å²) in [4.78, 5) is 34.6. The molecule has 1 atom stereocenters. The van der Waals surface area contributed by atoms with E-state index < -0.39 is 6.09 Å². The molecule has 0 spiro atoms. The van der Waals surface area contributed by atoms with E-state index in [1.165, 1.54) is 16.2 Å². The Hall–Kier alpha value is -3.04. The van der Waals surface area contributed by atoms with E-state index in [4.69, 9.17) is 4.74 Å². The van der Waals surface area contributed by atoms with Crippen LogP contribution in [0.25, 0.3) is 21.3 Å². The first-order valence-corrected chi connectivity index (χ1v) is 11.2. The second-order valence-corrected chi connectivity index (χ2v) is 9.41. The maximum atomic E-state index is 12.0. The molecular formula is C22H20N4O4S. The van der Waals surface area contributed by atoms with Gasteiger partial charge in [-0.3, -0.25) is 14.7 Å². The number of hydrogen-bond acceptors (Lipinski definition) is 6. The first-order chi connectivity index (χ1) is 15.1. The number of nitrogens with one attached hydrogen (secondary N) is 1. The number of nitrogens with zero attached hydrogens (tertiary/aromatic N) is 3. The molecule has 1 aromatic carbocycles. The molecule has 3 aliphatic rings. The summed E-state index contributed by atoms with van der Waals surface area (Å²) in [6, 6.07) is 7.68. The molecule has 1 saturated carbocycles. The van der Waals surface area contributed by atoms with Gasteiger partial charge in [-0.15, -0.1) is 0 Å². The fraction of sp³-hybridized carbons (Fsp3) is 0.364. The summed E-state index contributed by atoms with van der Waals surface area (Å²) < 4.78 is 6.24. The highest BCUT2D eigenvalue weighted by atomic mass is 32.1. The number of rotatable bonds is 4. The number of amides is 2. The minimum atomic E-state index is -0.955. The Morgan fingerprint density at radius 3 is 2.74 bits per heavy atom. The summed E-state index contributed by atoms with van der Waals surface area (Å²) in [7, 11) is 0. The molecule has 1 aliphatic carbocycles. The minimum absolute atomic E-state index is 0.0438. The van der Waals surface area contributed by atoms with Crippen molar-refractivity contribution in [1.82, 2.24) is 9.97 Å². The van der Waals surface area contributed by atoms with Gasteiger partial charge in [0.25, 0.3) is 0 Å². The van der Waals surface area contributed by atoms with Gasteiger partial charge < -0.3 is 15.2 Å². The van der Waals surface area contributed by atoms with E-state index in [-0.39, 0.29) is 23.8 Å². The van der Waals surface area contributed by atoms with Crippen LogP contribution >= 0.6 is 11.3 Å². The van der Waals surface area contributed by atoms with Crippen LogP contribution in [-0.4, -0.2) is 46.3 Å². The van der Waals surface area contributed by atoms with Crippen LogP contribution in [0.2, 0.25) is 0 Å².